The summed E-state index contributed by atoms with van der Waals surface area (Å²) in [5.41, 5.74) is 5.21. The van der Waals surface area contributed by atoms with Crippen molar-refractivity contribution in [3.8, 4) is 0 Å². The van der Waals surface area contributed by atoms with E-state index >= 15 is 0 Å². The molecule has 1 aliphatic carbocycles. The van der Waals surface area contributed by atoms with Gasteiger partial charge in [0.1, 0.15) is 0 Å². The summed E-state index contributed by atoms with van der Waals surface area (Å²) in [5, 5.41) is 1.34. The van der Waals surface area contributed by atoms with Crippen molar-refractivity contribution in [2.45, 2.75) is 33.2 Å². The quantitative estimate of drug-likeness (QED) is 0.810. The van der Waals surface area contributed by atoms with Crippen LogP contribution in [0.5, 0.6) is 0 Å². The minimum absolute atomic E-state index is 0.0445. The monoisotopic (exact) mass is 394 g/mol. The van der Waals surface area contributed by atoms with Crippen LogP contribution in [-0.4, -0.2) is 77.9 Å². The summed E-state index contributed by atoms with van der Waals surface area (Å²) >= 11 is 0. The lowest BCUT2D eigenvalue weighted by atomic mass is 9.79. The maximum absolute atomic E-state index is 12.9. The van der Waals surface area contributed by atoms with Crippen LogP contribution in [0, 0.1) is 5.92 Å². The number of aromatic amines is 1. The molecule has 5 heteroatoms. The third kappa shape index (κ3) is 3.86. The molecule has 156 valence electrons. The average molecular weight is 395 g/mol. The van der Waals surface area contributed by atoms with E-state index in [1.165, 1.54) is 47.2 Å². The van der Waals surface area contributed by atoms with E-state index in [9.17, 15) is 4.79 Å². The van der Waals surface area contributed by atoms with Gasteiger partial charge in [-0.05, 0) is 56.6 Å². The zero-order valence-corrected chi connectivity index (χ0v) is 18.2. The van der Waals surface area contributed by atoms with E-state index in [2.05, 4.69) is 73.1 Å². The Hall–Kier alpha value is -2.11. The zero-order valence-electron chi connectivity index (χ0n) is 18.2. The molecule has 5 rings (SSSR count). The van der Waals surface area contributed by atoms with Crippen LogP contribution in [0.25, 0.3) is 16.5 Å². The van der Waals surface area contributed by atoms with Gasteiger partial charge in [-0.15, -0.1) is 0 Å². The van der Waals surface area contributed by atoms with E-state index in [1.54, 1.807) is 0 Å². The molecule has 1 fully saturated rings. The van der Waals surface area contributed by atoms with Gasteiger partial charge in [0.2, 0.25) is 5.91 Å². The van der Waals surface area contributed by atoms with Gasteiger partial charge in [0.15, 0.2) is 0 Å². The Labute approximate surface area is 174 Å². The SMILES string of the molecule is CCN(CC)C(=O)[C@@H]1C=C2c3cccc4[nH]cc(c34)C[C@H]2N(C)C1.CCN1CC1. The summed E-state index contributed by atoms with van der Waals surface area (Å²) in [5.74, 6) is 0.210. The van der Waals surface area contributed by atoms with E-state index in [-0.39, 0.29) is 11.8 Å². The molecule has 1 amide bonds. The van der Waals surface area contributed by atoms with Crippen LogP contribution in [-0.2, 0) is 11.2 Å². The number of hydrogen-bond acceptors (Lipinski definition) is 3. The fourth-order valence-corrected chi connectivity index (χ4v) is 4.76. The predicted molar refractivity (Wildman–Crippen MR) is 120 cm³/mol. The molecular formula is C24H34N4O. The van der Waals surface area contributed by atoms with Crippen LogP contribution in [0.3, 0.4) is 0 Å². The first kappa shape index (κ1) is 20.2. The molecule has 0 radical (unpaired) electrons. The lowest BCUT2D eigenvalue weighted by Crippen LogP contribution is -2.47. The second-order valence-corrected chi connectivity index (χ2v) is 8.37. The van der Waals surface area contributed by atoms with E-state index in [4.69, 9.17) is 0 Å². The second kappa shape index (κ2) is 8.33. The lowest BCUT2D eigenvalue weighted by molar-refractivity contribution is -0.134. The molecule has 1 aromatic carbocycles. The molecule has 0 spiro atoms. The van der Waals surface area contributed by atoms with Gasteiger partial charge in [-0.2, -0.15) is 0 Å². The van der Waals surface area contributed by atoms with Crippen molar-refractivity contribution in [3.63, 3.8) is 0 Å². The number of H-pyrrole nitrogens is 1. The first-order valence-corrected chi connectivity index (χ1v) is 11.1. The van der Waals surface area contributed by atoms with E-state index < -0.39 is 0 Å². The number of fused-ring (bicyclic) bond motifs is 2. The molecular weight excluding hydrogens is 360 g/mol. The summed E-state index contributed by atoms with van der Waals surface area (Å²) in [6, 6.07) is 6.82. The highest BCUT2D eigenvalue weighted by atomic mass is 16.2. The van der Waals surface area contributed by atoms with E-state index in [0.29, 0.717) is 6.04 Å². The molecule has 5 nitrogen and oxygen atoms in total. The van der Waals surface area contributed by atoms with Gasteiger partial charge >= 0.3 is 0 Å². The summed E-state index contributed by atoms with van der Waals surface area (Å²) in [6.45, 7) is 12.6. The topological polar surface area (TPSA) is 42.4 Å². The molecule has 3 aliphatic rings. The van der Waals surface area contributed by atoms with Gasteiger partial charge < -0.3 is 14.8 Å². The predicted octanol–water partition coefficient (Wildman–Crippen LogP) is 3.23. The van der Waals surface area contributed by atoms with Gasteiger partial charge in [0.25, 0.3) is 0 Å². The molecule has 2 atom stereocenters. The molecule has 2 aliphatic heterocycles. The molecule has 1 saturated heterocycles. The van der Waals surface area contributed by atoms with Gasteiger partial charge in [-0.1, -0.05) is 25.1 Å². The number of carbonyl (C=O) groups is 1. The molecule has 29 heavy (non-hydrogen) atoms. The Balaban J connectivity index is 0.000000359. The van der Waals surface area contributed by atoms with Crippen molar-refractivity contribution in [3.05, 3.63) is 41.6 Å². The summed E-state index contributed by atoms with van der Waals surface area (Å²) in [6.07, 6.45) is 5.41. The van der Waals surface area contributed by atoms with Crippen molar-refractivity contribution in [1.82, 2.24) is 19.7 Å². The molecule has 1 N–H and O–H groups in total. The van der Waals surface area contributed by atoms with Gasteiger partial charge in [0.05, 0.1) is 5.92 Å². The number of likely N-dealkylation sites (N-methyl/N-ethyl adjacent to an activating group) is 2. The van der Waals surface area contributed by atoms with Gasteiger partial charge in [-0.3, -0.25) is 9.69 Å². The molecule has 0 unspecified atom stereocenters. The van der Waals surface area contributed by atoms with Crippen LogP contribution in [0.4, 0.5) is 0 Å². The Bertz CT molecular complexity index is 907. The van der Waals surface area contributed by atoms with Crippen LogP contribution < -0.4 is 0 Å². The van der Waals surface area contributed by atoms with Crippen LogP contribution in [0.2, 0.25) is 0 Å². The molecule has 1 aromatic heterocycles. The Kier molecular flexibility index (Phi) is 5.79. The summed E-state index contributed by atoms with van der Waals surface area (Å²) in [4.78, 5) is 22.9. The first-order valence-electron chi connectivity index (χ1n) is 11.1. The number of carbonyl (C=O) groups excluding carboxylic acids is 1. The number of rotatable bonds is 4. The number of benzene rings is 1. The second-order valence-electron chi connectivity index (χ2n) is 8.37. The number of nitrogens with one attached hydrogen (secondary N) is 1. The minimum atomic E-state index is -0.0445. The highest BCUT2D eigenvalue weighted by Crippen LogP contribution is 2.40. The first-order chi connectivity index (χ1) is 14.1. The largest absolute Gasteiger partial charge is 0.361 e. The molecule has 0 bridgehead atoms. The van der Waals surface area contributed by atoms with Gasteiger partial charge in [-0.25, -0.2) is 0 Å². The van der Waals surface area contributed by atoms with Crippen molar-refractivity contribution in [1.29, 1.82) is 0 Å². The molecule has 0 saturated carbocycles. The fourth-order valence-electron chi connectivity index (χ4n) is 4.76. The standard InChI is InChI=1S/C20H25N3O.C4H9N/c1-4-23(5-2)20(24)14-9-16-15-7-6-8-17-19(15)13(11-21-17)10-18(16)22(3)12-14;1-2-5-3-4-5/h6-9,11,14,18,21H,4-5,10,12H2,1-3H3;2-4H2,1H3/t14-,18-;/m1./s1. The normalized spacial score (nSPS) is 23.1. The van der Waals surface area contributed by atoms with Crippen molar-refractivity contribution < 1.29 is 4.79 Å². The van der Waals surface area contributed by atoms with Crippen molar-refractivity contribution in [2.75, 3.05) is 46.3 Å². The smallest absolute Gasteiger partial charge is 0.230 e. The van der Waals surface area contributed by atoms with E-state index in [0.717, 1.165) is 26.1 Å². The van der Waals surface area contributed by atoms with Crippen LogP contribution in [0.1, 0.15) is 31.9 Å². The summed E-state index contributed by atoms with van der Waals surface area (Å²) in [7, 11) is 2.15. The number of aromatic nitrogens is 1. The average Bonchev–Trinajstić information content (AvgIpc) is 3.50. The van der Waals surface area contributed by atoms with Crippen LogP contribution >= 0.6 is 0 Å². The number of amides is 1. The van der Waals surface area contributed by atoms with E-state index in [1.807, 2.05) is 4.90 Å². The Morgan fingerprint density at radius 1 is 1.21 bits per heavy atom. The maximum atomic E-state index is 12.9. The zero-order chi connectivity index (χ0) is 20.5. The molecule has 3 heterocycles. The lowest BCUT2D eigenvalue weighted by Gasteiger charge is -2.40. The summed E-state index contributed by atoms with van der Waals surface area (Å²) < 4.78 is 0. The highest BCUT2D eigenvalue weighted by molar-refractivity contribution is 5.99. The van der Waals surface area contributed by atoms with Gasteiger partial charge in [0, 0.05) is 55.9 Å². The fraction of sp³-hybridized carbons (Fsp3) is 0.542. The third-order valence-corrected chi connectivity index (χ3v) is 6.65. The maximum Gasteiger partial charge on any atom is 0.230 e. The van der Waals surface area contributed by atoms with Crippen molar-refractivity contribution in [2.24, 2.45) is 5.92 Å². The highest BCUT2D eigenvalue weighted by Gasteiger charge is 2.36. The number of nitrogens with zero attached hydrogens (tertiary/aromatic N) is 3. The number of hydrogen-bond donors (Lipinski definition) is 1. The van der Waals surface area contributed by atoms with Crippen molar-refractivity contribution >= 4 is 22.4 Å². The van der Waals surface area contributed by atoms with Crippen LogP contribution in [0.15, 0.2) is 30.5 Å². The minimum Gasteiger partial charge on any atom is -0.361 e. The Morgan fingerprint density at radius 2 is 1.97 bits per heavy atom. The third-order valence-electron chi connectivity index (χ3n) is 6.65. The Morgan fingerprint density at radius 3 is 2.59 bits per heavy atom. The molecule has 2 aromatic rings.